The lowest BCUT2D eigenvalue weighted by Crippen LogP contribution is -2.35. The molecule has 1 aromatic carbocycles. The molecule has 1 aliphatic heterocycles. The van der Waals surface area contributed by atoms with Crippen LogP contribution >= 0.6 is 27.5 Å². The van der Waals surface area contributed by atoms with Crippen molar-refractivity contribution >= 4 is 45.4 Å². The quantitative estimate of drug-likeness (QED) is 0.298. The van der Waals surface area contributed by atoms with Crippen LogP contribution in [0.15, 0.2) is 35.4 Å². The molecular formula is C17H16BrClO6. The second-order valence-electron chi connectivity index (χ2n) is 5.05. The van der Waals surface area contributed by atoms with Gasteiger partial charge in [0.2, 0.25) is 0 Å². The molecule has 1 heterocycles. The van der Waals surface area contributed by atoms with Crippen LogP contribution < -0.4 is 0 Å². The summed E-state index contributed by atoms with van der Waals surface area (Å²) in [4.78, 5) is 37.2. The third-order valence-electron chi connectivity index (χ3n) is 3.58. The molecule has 0 amide bonds. The summed E-state index contributed by atoms with van der Waals surface area (Å²) < 4.78 is 15.4. The van der Waals surface area contributed by atoms with Gasteiger partial charge in [-0.1, -0.05) is 39.7 Å². The topological polar surface area (TPSA) is 78.9 Å². The predicted octanol–water partition coefficient (Wildman–Crippen LogP) is 2.91. The zero-order valence-corrected chi connectivity index (χ0v) is 16.0. The lowest BCUT2D eigenvalue weighted by molar-refractivity contribution is -0.150. The standard InChI is InChI=1S/C17H16BrClO6/c1-3-23-14(20)12-13(16(22)24-4-2)17(9-18,25-15(12)21)10-5-7-11(19)8-6-10/h5-8H,3-4,9H2,1-2H3. The Balaban J connectivity index is 2.69. The highest BCUT2D eigenvalue weighted by Crippen LogP contribution is 2.44. The zero-order valence-electron chi connectivity index (χ0n) is 13.6. The molecule has 134 valence electrons. The number of hydrogen-bond donors (Lipinski definition) is 0. The Morgan fingerprint density at radius 1 is 1.12 bits per heavy atom. The first kappa shape index (κ1) is 19.5. The molecule has 0 fully saturated rings. The minimum absolute atomic E-state index is 0.0461. The highest BCUT2D eigenvalue weighted by molar-refractivity contribution is 9.09. The SMILES string of the molecule is CCOC(=O)C1=C(C(=O)OCC)C(CBr)(c2ccc(Cl)cc2)OC1=O. The van der Waals surface area contributed by atoms with E-state index in [4.69, 9.17) is 25.8 Å². The van der Waals surface area contributed by atoms with Gasteiger partial charge in [-0.15, -0.1) is 0 Å². The van der Waals surface area contributed by atoms with Gasteiger partial charge in [-0.05, 0) is 26.0 Å². The maximum Gasteiger partial charge on any atom is 0.347 e. The zero-order chi connectivity index (χ0) is 18.6. The number of rotatable bonds is 6. The average Bonchev–Trinajstić information content (AvgIpc) is 2.89. The highest BCUT2D eigenvalue weighted by Gasteiger charge is 2.54. The molecular weight excluding hydrogens is 416 g/mol. The van der Waals surface area contributed by atoms with E-state index >= 15 is 0 Å². The van der Waals surface area contributed by atoms with E-state index in [1.807, 2.05) is 0 Å². The van der Waals surface area contributed by atoms with Crippen molar-refractivity contribution in [3.05, 3.63) is 46.0 Å². The normalized spacial score (nSPS) is 19.6. The van der Waals surface area contributed by atoms with Crippen LogP contribution in [-0.2, 0) is 34.2 Å². The fourth-order valence-corrected chi connectivity index (χ4v) is 3.36. The summed E-state index contributed by atoms with van der Waals surface area (Å²) in [6.07, 6.45) is 0. The van der Waals surface area contributed by atoms with Crippen LogP contribution in [0.25, 0.3) is 0 Å². The second kappa shape index (κ2) is 8.01. The number of cyclic esters (lactones) is 1. The molecule has 0 bridgehead atoms. The Labute approximate surface area is 158 Å². The van der Waals surface area contributed by atoms with Crippen molar-refractivity contribution in [3.63, 3.8) is 0 Å². The number of benzene rings is 1. The molecule has 1 aromatic rings. The number of carbonyl (C=O) groups excluding carboxylic acids is 3. The molecule has 0 spiro atoms. The first-order valence-electron chi connectivity index (χ1n) is 7.55. The number of esters is 3. The van der Waals surface area contributed by atoms with Gasteiger partial charge in [0, 0.05) is 10.6 Å². The van der Waals surface area contributed by atoms with Gasteiger partial charge in [-0.2, -0.15) is 0 Å². The summed E-state index contributed by atoms with van der Waals surface area (Å²) in [5.41, 5.74) is -1.66. The molecule has 2 rings (SSSR count). The summed E-state index contributed by atoms with van der Waals surface area (Å²) >= 11 is 9.19. The van der Waals surface area contributed by atoms with Gasteiger partial charge in [-0.25, -0.2) is 14.4 Å². The maximum absolute atomic E-state index is 12.6. The van der Waals surface area contributed by atoms with Crippen LogP contribution in [-0.4, -0.2) is 36.5 Å². The van der Waals surface area contributed by atoms with Crippen LogP contribution in [0.5, 0.6) is 0 Å². The molecule has 25 heavy (non-hydrogen) atoms. The summed E-state index contributed by atoms with van der Waals surface area (Å²) in [6.45, 7) is 3.34. The molecule has 0 saturated heterocycles. The Morgan fingerprint density at radius 2 is 1.68 bits per heavy atom. The third-order valence-corrected chi connectivity index (χ3v) is 4.62. The smallest absolute Gasteiger partial charge is 0.347 e. The molecule has 0 radical (unpaired) electrons. The minimum Gasteiger partial charge on any atom is -0.462 e. The molecule has 1 unspecified atom stereocenters. The van der Waals surface area contributed by atoms with E-state index < -0.39 is 29.1 Å². The molecule has 1 aliphatic rings. The van der Waals surface area contributed by atoms with Crippen LogP contribution in [0.1, 0.15) is 19.4 Å². The van der Waals surface area contributed by atoms with Crippen molar-refractivity contribution in [2.45, 2.75) is 19.4 Å². The van der Waals surface area contributed by atoms with Crippen LogP contribution in [0.2, 0.25) is 5.02 Å². The maximum atomic E-state index is 12.6. The van der Waals surface area contributed by atoms with Gasteiger partial charge in [0.1, 0.15) is 5.57 Å². The van der Waals surface area contributed by atoms with E-state index in [-0.39, 0.29) is 24.1 Å². The van der Waals surface area contributed by atoms with Gasteiger partial charge in [0.05, 0.1) is 18.5 Å². The van der Waals surface area contributed by atoms with E-state index in [0.29, 0.717) is 10.6 Å². The van der Waals surface area contributed by atoms with Gasteiger partial charge >= 0.3 is 17.9 Å². The first-order valence-corrected chi connectivity index (χ1v) is 9.05. The number of halogens is 2. The molecule has 0 aromatic heterocycles. The summed E-state index contributed by atoms with van der Waals surface area (Å²) in [6, 6.07) is 6.43. The van der Waals surface area contributed by atoms with Crippen molar-refractivity contribution in [1.82, 2.24) is 0 Å². The second-order valence-corrected chi connectivity index (χ2v) is 6.05. The Hall–Kier alpha value is -1.86. The Kier molecular flexibility index (Phi) is 6.24. The fourth-order valence-electron chi connectivity index (χ4n) is 2.52. The molecule has 1 atom stereocenters. The van der Waals surface area contributed by atoms with E-state index in [2.05, 4.69) is 15.9 Å². The minimum atomic E-state index is -1.50. The van der Waals surface area contributed by atoms with E-state index in [0.717, 1.165) is 0 Å². The summed E-state index contributed by atoms with van der Waals surface area (Å²) in [5.74, 6) is -2.67. The first-order chi connectivity index (χ1) is 11.9. The number of alkyl halides is 1. The summed E-state index contributed by atoms with van der Waals surface area (Å²) in [5, 5.41) is 0.523. The van der Waals surface area contributed by atoms with E-state index in [1.165, 1.54) is 0 Å². The van der Waals surface area contributed by atoms with Crippen molar-refractivity contribution in [1.29, 1.82) is 0 Å². The highest BCUT2D eigenvalue weighted by atomic mass is 79.9. The average molecular weight is 432 g/mol. The molecule has 8 heteroatoms. The number of ether oxygens (including phenoxy) is 3. The van der Waals surface area contributed by atoms with Crippen molar-refractivity contribution in [2.75, 3.05) is 18.5 Å². The van der Waals surface area contributed by atoms with Crippen LogP contribution in [0.3, 0.4) is 0 Å². The molecule has 0 aliphatic carbocycles. The fraction of sp³-hybridized carbons (Fsp3) is 0.353. The number of carbonyl (C=O) groups is 3. The third kappa shape index (κ3) is 3.57. The van der Waals surface area contributed by atoms with Crippen LogP contribution in [0.4, 0.5) is 0 Å². The van der Waals surface area contributed by atoms with Crippen molar-refractivity contribution in [3.8, 4) is 0 Å². The van der Waals surface area contributed by atoms with E-state index in [9.17, 15) is 14.4 Å². The van der Waals surface area contributed by atoms with Gasteiger partial charge in [-0.3, -0.25) is 0 Å². The Bertz CT molecular complexity index is 727. The van der Waals surface area contributed by atoms with Crippen molar-refractivity contribution < 1.29 is 28.6 Å². The molecule has 6 nitrogen and oxygen atoms in total. The largest absolute Gasteiger partial charge is 0.462 e. The van der Waals surface area contributed by atoms with E-state index in [1.54, 1.807) is 38.1 Å². The number of hydrogen-bond acceptors (Lipinski definition) is 6. The molecule has 0 saturated carbocycles. The predicted molar refractivity (Wildman–Crippen MR) is 93.3 cm³/mol. The van der Waals surface area contributed by atoms with Crippen LogP contribution in [0, 0.1) is 0 Å². The van der Waals surface area contributed by atoms with Gasteiger partial charge in [0.25, 0.3) is 0 Å². The Morgan fingerprint density at radius 3 is 2.20 bits per heavy atom. The summed E-state index contributed by atoms with van der Waals surface area (Å²) in [7, 11) is 0. The molecule has 0 N–H and O–H groups in total. The lowest BCUT2D eigenvalue weighted by atomic mass is 9.86. The monoisotopic (exact) mass is 430 g/mol. The van der Waals surface area contributed by atoms with Gasteiger partial charge in [0.15, 0.2) is 11.2 Å². The van der Waals surface area contributed by atoms with Gasteiger partial charge < -0.3 is 14.2 Å². The lowest BCUT2D eigenvalue weighted by Gasteiger charge is -2.28. The van der Waals surface area contributed by atoms with Crippen molar-refractivity contribution in [2.24, 2.45) is 0 Å².